The molecule has 0 amide bonds. The van der Waals surface area contributed by atoms with E-state index in [1.54, 1.807) is 0 Å². The molecule has 1 rings (SSSR count). The predicted octanol–water partition coefficient (Wildman–Crippen LogP) is 3.33. The van der Waals surface area contributed by atoms with Crippen molar-refractivity contribution in [2.24, 2.45) is 10.4 Å². The lowest BCUT2D eigenvalue weighted by molar-refractivity contribution is 0.0487. The fourth-order valence-electron chi connectivity index (χ4n) is 3.42. The highest BCUT2D eigenvalue weighted by Crippen LogP contribution is 2.39. The fourth-order valence-corrected chi connectivity index (χ4v) is 3.42. The number of hydrogen-bond acceptors (Lipinski definition) is 4. The van der Waals surface area contributed by atoms with Crippen LogP contribution in [0.1, 0.15) is 65.2 Å². The second-order valence-corrected chi connectivity index (χ2v) is 7.23. The van der Waals surface area contributed by atoms with Gasteiger partial charge in [-0.2, -0.15) is 0 Å². The Kier molecular flexibility index (Phi) is 17.9. The Morgan fingerprint density at radius 3 is 2.33 bits per heavy atom. The van der Waals surface area contributed by atoms with Gasteiger partial charge in [-0.1, -0.05) is 32.6 Å². The Morgan fingerprint density at radius 1 is 1.00 bits per heavy atom. The van der Waals surface area contributed by atoms with Gasteiger partial charge >= 0.3 is 0 Å². The molecule has 0 aromatic rings. The lowest BCUT2D eigenvalue weighted by atomic mass is 9.72. The van der Waals surface area contributed by atoms with E-state index in [0.717, 1.165) is 51.5 Å². The largest absolute Gasteiger partial charge is 0.396 e. The van der Waals surface area contributed by atoms with Crippen molar-refractivity contribution in [1.29, 1.82) is 0 Å². The normalized spacial score (nSPS) is 16.6. The van der Waals surface area contributed by atoms with Gasteiger partial charge in [0.15, 0.2) is 5.96 Å². The molecule has 0 saturated heterocycles. The van der Waals surface area contributed by atoms with E-state index in [9.17, 15) is 5.11 Å². The highest BCUT2D eigenvalue weighted by molar-refractivity contribution is 14.0. The summed E-state index contributed by atoms with van der Waals surface area (Å²) >= 11 is 0. The van der Waals surface area contributed by atoms with Gasteiger partial charge < -0.3 is 25.2 Å². The number of halogens is 1. The van der Waals surface area contributed by atoms with Gasteiger partial charge in [-0.05, 0) is 38.0 Å². The summed E-state index contributed by atoms with van der Waals surface area (Å²) in [6.07, 6.45) is 9.32. The fraction of sp³-hybridized carbons (Fsp3) is 0.950. The molecule has 3 N–H and O–H groups in total. The number of aliphatic hydroxyl groups excluding tert-OH is 1. The molecule has 0 aromatic carbocycles. The van der Waals surface area contributed by atoms with Crippen molar-refractivity contribution in [1.82, 2.24) is 10.6 Å². The van der Waals surface area contributed by atoms with Crippen LogP contribution in [0.25, 0.3) is 0 Å². The molecule has 0 bridgehead atoms. The van der Waals surface area contributed by atoms with Crippen LogP contribution in [0.3, 0.4) is 0 Å². The van der Waals surface area contributed by atoms with Gasteiger partial charge in [0.1, 0.15) is 0 Å². The van der Waals surface area contributed by atoms with Crippen molar-refractivity contribution in [3.8, 4) is 0 Å². The minimum Gasteiger partial charge on any atom is -0.396 e. The lowest BCUT2D eigenvalue weighted by Crippen LogP contribution is -2.40. The molecule has 0 aliphatic heterocycles. The molecule has 0 aromatic heterocycles. The third-order valence-electron chi connectivity index (χ3n) is 5.03. The molecule has 1 fully saturated rings. The van der Waals surface area contributed by atoms with Crippen molar-refractivity contribution in [2.75, 3.05) is 52.7 Å². The SMILES string of the molecule is CCCCOCCOCCNC(=NCC1(CCO)CCCCC1)NCC.I. The van der Waals surface area contributed by atoms with E-state index < -0.39 is 0 Å². The average Bonchev–Trinajstić information content (AvgIpc) is 2.66. The quantitative estimate of drug-likeness (QED) is 0.148. The number of aliphatic imine (C=N–C) groups is 1. The monoisotopic (exact) mass is 499 g/mol. The van der Waals surface area contributed by atoms with Crippen LogP contribution in [0.4, 0.5) is 0 Å². The van der Waals surface area contributed by atoms with E-state index in [1.165, 1.54) is 32.1 Å². The molecular formula is C20H42IN3O3. The minimum atomic E-state index is 0. The van der Waals surface area contributed by atoms with Crippen molar-refractivity contribution < 1.29 is 14.6 Å². The maximum Gasteiger partial charge on any atom is 0.191 e. The third kappa shape index (κ3) is 12.9. The van der Waals surface area contributed by atoms with Gasteiger partial charge in [0.2, 0.25) is 0 Å². The number of hydrogen-bond donors (Lipinski definition) is 3. The van der Waals surface area contributed by atoms with Crippen LogP contribution in [-0.2, 0) is 9.47 Å². The molecule has 0 spiro atoms. The number of nitrogens with one attached hydrogen (secondary N) is 2. The second kappa shape index (κ2) is 17.9. The third-order valence-corrected chi connectivity index (χ3v) is 5.03. The van der Waals surface area contributed by atoms with Gasteiger partial charge in [-0.3, -0.25) is 4.99 Å². The van der Waals surface area contributed by atoms with Crippen molar-refractivity contribution in [3.63, 3.8) is 0 Å². The first kappa shape index (κ1) is 26.9. The summed E-state index contributed by atoms with van der Waals surface area (Å²) in [5, 5.41) is 16.1. The van der Waals surface area contributed by atoms with Crippen molar-refractivity contribution in [2.45, 2.75) is 65.2 Å². The Morgan fingerprint density at radius 2 is 1.70 bits per heavy atom. The number of aliphatic hydroxyl groups is 1. The van der Waals surface area contributed by atoms with Gasteiger partial charge in [0, 0.05) is 32.8 Å². The molecule has 1 aliphatic rings. The molecule has 162 valence electrons. The summed E-state index contributed by atoms with van der Waals surface area (Å²) in [6.45, 7) is 9.62. The molecule has 1 aliphatic carbocycles. The van der Waals surface area contributed by atoms with E-state index in [0.29, 0.717) is 19.8 Å². The van der Waals surface area contributed by atoms with Gasteiger partial charge in [0.25, 0.3) is 0 Å². The van der Waals surface area contributed by atoms with Crippen LogP contribution in [0, 0.1) is 5.41 Å². The summed E-state index contributed by atoms with van der Waals surface area (Å²) in [5.74, 6) is 0.846. The lowest BCUT2D eigenvalue weighted by Gasteiger charge is -2.35. The van der Waals surface area contributed by atoms with Crippen LogP contribution in [0.2, 0.25) is 0 Å². The highest BCUT2D eigenvalue weighted by Gasteiger charge is 2.31. The minimum absolute atomic E-state index is 0. The number of unbranched alkanes of at least 4 members (excludes halogenated alkanes) is 1. The maximum absolute atomic E-state index is 9.44. The van der Waals surface area contributed by atoms with E-state index in [-0.39, 0.29) is 36.0 Å². The first-order valence-corrected chi connectivity index (χ1v) is 10.5. The zero-order chi connectivity index (χ0) is 18.9. The summed E-state index contributed by atoms with van der Waals surface area (Å²) in [7, 11) is 0. The summed E-state index contributed by atoms with van der Waals surface area (Å²) in [4.78, 5) is 4.80. The number of nitrogens with zero attached hydrogens (tertiary/aromatic N) is 1. The van der Waals surface area contributed by atoms with E-state index in [1.807, 2.05) is 0 Å². The Bertz CT molecular complexity index is 359. The summed E-state index contributed by atoms with van der Waals surface area (Å²) in [6, 6.07) is 0. The highest BCUT2D eigenvalue weighted by atomic mass is 127. The smallest absolute Gasteiger partial charge is 0.191 e. The topological polar surface area (TPSA) is 75.1 Å². The second-order valence-electron chi connectivity index (χ2n) is 7.23. The van der Waals surface area contributed by atoms with E-state index >= 15 is 0 Å². The number of rotatable bonds is 14. The number of ether oxygens (including phenoxy) is 2. The zero-order valence-electron chi connectivity index (χ0n) is 17.4. The average molecular weight is 499 g/mol. The van der Waals surface area contributed by atoms with Gasteiger partial charge in [0.05, 0.1) is 19.8 Å². The van der Waals surface area contributed by atoms with E-state index in [4.69, 9.17) is 14.5 Å². The maximum atomic E-state index is 9.44. The Labute approximate surface area is 183 Å². The molecule has 0 atom stereocenters. The zero-order valence-corrected chi connectivity index (χ0v) is 19.8. The van der Waals surface area contributed by atoms with Crippen molar-refractivity contribution in [3.05, 3.63) is 0 Å². The molecule has 0 unspecified atom stereocenters. The van der Waals surface area contributed by atoms with E-state index in [2.05, 4.69) is 24.5 Å². The first-order valence-electron chi connectivity index (χ1n) is 10.5. The molecule has 1 saturated carbocycles. The summed E-state index contributed by atoms with van der Waals surface area (Å²) in [5.41, 5.74) is 0.182. The number of guanidine groups is 1. The molecule has 0 heterocycles. The van der Waals surface area contributed by atoms with Crippen LogP contribution < -0.4 is 10.6 Å². The van der Waals surface area contributed by atoms with Crippen LogP contribution in [0.5, 0.6) is 0 Å². The van der Waals surface area contributed by atoms with Crippen LogP contribution in [0.15, 0.2) is 4.99 Å². The predicted molar refractivity (Wildman–Crippen MR) is 123 cm³/mol. The van der Waals surface area contributed by atoms with Gasteiger partial charge in [-0.15, -0.1) is 24.0 Å². The molecule has 7 heteroatoms. The molecule has 6 nitrogen and oxygen atoms in total. The molecule has 0 radical (unpaired) electrons. The summed E-state index contributed by atoms with van der Waals surface area (Å²) < 4.78 is 11.1. The van der Waals surface area contributed by atoms with Crippen LogP contribution in [-0.4, -0.2) is 63.7 Å². The molecular weight excluding hydrogens is 457 g/mol. The Balaban J connectivity index is 0.00000676. The van der Waals surface area contributed by atoms with Gasteiger partial charge in [-0.25, -0.2) is 0 Å². The standard InChI is InChI=1S/C20H41N3O3.HI/c1-3-5-14-25-16-17-26-15-12-22-19(21-4-2)23-18-20(11-13-24)9-7-6-8-10-20;/h24H,3-18H2,1-2H3,(H2,21,22,23);1H. The first-order chi connectivity index (χ1) is 12.8. The molecule has 27 heavy (non-hydrogen) atoms. The van der Waals surface area contributed by atoms with Crippen LogP contribution >= 0.6 is 24.0 Å². The Hall–Kier alpha value is -0.120. The van der Waals surface area contributed by atoms with Crippen molar-refractivity contribution >= 4 is 29.9 Å².